The number of halogens is 2. The molecule has 3 rings (SSSR count). The Balaban J connectivity index is 0.00000261. The van der Waals surface area contributed by atoms with Gasteiger partial charge in [0.2, 0.25) is 0 Å². The van der Waals surface area contributed by atoms with E-state index < -0.39 is 15.0 Å². The molecule has 0 atom stereocenters. The van der Waals surface area contributed by atoms with Crippen molar-refractivity contribution in [2.24, 2.45) is 10.2 Å². The molecule has 3 aromatic carbocycles. The summed E-state index contributed by atoms with van der Waals surface area (Å²) in [7, 11) is -4.94. The Morgan fingerprint density at radius 1 is 1.04 bits per heavy atom. The van der Waals surface area contributed by atoms with Gasteiger partial charge in [-0.05, 0) is 30.0 Å². The third-order valence-corrected chi connectivity index (χ3v) is 5.51. The summed E-state index contributed by atoms with van der Waals surface area (Å²) in [6.07, 6.45) is 0. The summed E-state index contributed by atoms with van der Waals surface area (Å²) in [4.78, 5) is -0.752. The van der Waals surface area contributed by atoms with E-state index in [0.717, 1.165) is 5.39 Å². The van der Waals surface area contributed by atoms with Gasteiger partial charge in [0.05, 0.1) is 10.0 Å². The second-order valence-electron chi connectivity index (χ2n) is 5.48. The number of hydrogen-bond acceptors (Lipinski definition) is 6. The summed E-state index contributed by atoms with van der Waals surface area (Å²) >= 11 is 12.0. The molecule has 0 aliphatic carbocycles. The van der Waals surface area contributed by atoms with Gasteiger partial charge in [-0.3, -0.25) is 0 Å². The first-order chi connectivity index (χ1) is 12.2. The van der Waals surface area contributed by atoms with Crippen LogP contribution in [-0.4, -0.2) is 67.0 Å². The van der Waals surface area contributed by atoms with Crippen molar-refractivity contribution < 1.29 is 18.1 Å². The Morgan fingerprint density at radius 3 is 2.33 bits per heavy atom. The minimum absolute atomic E-state index is 0. The van der Waals surface area contributed by atoms with E-state index in [-0.39, 0.29) is 76.1 Å². The first-order valence-electron chi connectivity index (χ1n) is 7.27. The van der Waals surface area contributed by atoms with E-state index in [1.807, 2.05) is 12.1 Å². The summed E-state index contributed by atoms with van der Waals surface area (Å²) in [6, 6.07) is 11.5. The molecule has 0 saturated carbocycles. The van der Waals surface area contributed by atoms with Crippen molar-refractivity contribution in [1.82, 2.24) is 0 Å². The fourth-order valence-corrected chi connectivity index (χ4v) is 3.95. The molecular formula is C17H11BaCl2N2O4S+. The molecule has 1 N–H and O–H groups in total. The summed E-state index contributed by atoms with van der Waals surface area (Å²) in [6.45, 7) is 1.59. The predicted octanol–water partition coefficient (Wildman–Crippen LogP) is 5.10. The average Bonchev–Trinajstić information content (AvgIpc) is 2.56. The molecule has 0 aromatic heterocycles. The smallest absolute Gasteiger partial charge is 0.744 e. The molecule has 0 fully saturated rings. The molecule has 0 aliphatic rings. The summed E-state index contributed by atoms with van der Waals surface area (Å²) in [5.41, 5.74) is 0.185. The van der Waals surface area contributed by atoms with Crippen molar-refractivity contribution in [1.29, 1.82) is 0 Å². The van der Waals surface area contributed by atoms with E-state index in [1.165, 1.54) is 12.1 Å². The molecule has 0 aliphatic heterocycles. The van der Waals surface area contributed by atoms with Crippen LogP contribution in [0.4, 0.5) is 11.4 Å². The molecule has 0 radical (unpaired) electrons. The number of azo groups is 1. The van der Waals surface area contributed by atoms with Crippen LogP contribution < -0.4 is 0 Å². The fourth-order valence-electron chi connectivity index (χ4n) is 2.49. The number of hydrogen-bond donors (Lipinski definition) is 1. The van der Waals surface area contributed by atoms with Crippen molar-refractivity contribution in [3.05, 3.63) is 58.1 Å². The molecule has 134 valence electrons. The Labute approximate surface area is 206 Å². The largest absolute Gasteiger partial charge is 2.00 e. The van der Waals surface area contributed by atoms with Crippen molar-refractivity contribution in [3.63, 3.8) is 0 Å². The third-order valence-electron chi connectivity index (χ3n) is 3.71. The van der Waals surface area contributed by atoms with Gasteiger partial charge < -0.3 is 9.66 Å². The number of nitrogens with zero attached hydrogens (tertiary/aromatic N) is 2. The third kappa shape index (κ3) is 4.69. The van der Waals surface area contributed by atoms with Gasteiger partial charge in [-0.25, -0.2) is 8.42 Å². The van der Waals surface area contributed by atoms with Crippen LogP contribution in [0.1, 0.15) is 5.56 Å². The molecule has 0 spiro atoms. The van der Waals surface area contributed by atoms with E-state index in [1.54, 1.807) is 25.1 Å². The van der Waals surface area contributed by atoms with Gasteiger partial charge in [-0.2, -0.15) is 0 Å². The van der Waals surface area contributed by atoms with Crippen LogP contribution in [0.15, 0.2) is 57.6 Å². The van der Waals surface area contributed by atoms with Gasteiger partial charge in [-0.1, -0.05) is 53.5 Å². The van der Waals surface area contributed by atoms with Gasteiger partial charge in [0.25, 0.3) is 0 Å². The van der Waals surface area contributed by atoms with Crippen LogP contribution in [0, 0.1) is 6.92 Å². The minimum atomic E-state index is -4.94. The van der Waals surface area contributed by atoms with Gasteiger partial charge in [-0.15, -0.1) is 10.2 Å². The Hall–Kier alpha value is -0.619. The van der Waals surface area contributed by atoms with Gasteiger partial charge in [0.15, 0.2) is 0 Å². The number of fused-ring (bicyclic) bond motifs is 1. The molecule has 0 amide bonds. The van der Waals surface area contributed by atoms with Crippen LogP contribution >= 0.6 is 23.2 Å². The minimum Gasteiger partial charge on any atom is -0.744 e. The molecule has 0 unspecified atom stereocenters. The maximum absolute atomic E-state index is 11.6. The number of phenolic OH excluding ortho intramolecular Hbond substituents is 1. The van der Waals surface area contributed by atoms with Gasteiger partial charge >= 0.3 is 48.9 Å². The predicted molar refractivity (Wildman–Crippen MR) is 105 cm³/mol. The number of phenols is 1. The molecular weight excluding hydrogens is 536 g/mol. The van der Waals surface area contributed by atoms with Crippen LogP contribution in [0.25, 0.3) is 10.8 Å². The second-order valence-corrected chi connectivity index (χ2v) is 7.58. The second kappa shape index (κ2) is 8.81. The van der Waals surface area contributed by atoms with Crippen LogP contribution in [0.5, 0.6) is 5.75 Å². The zero-order valence-electron chi connectivity index (χ0n) is 14.0. The number of benzene rings is 3. The monoisotopic (exact) mass is 547 g/mol. The normalized spacial score (nSPS) is 11.7. The Bertz CT molecular complexity index is 1170. The molecule has 0 saturated heterocycles. The molecule has 3 aromatic rings. The van der Waals surface area contributed by atoms with Crippen LogP contribution in [-0.2, 0) is 10.1 Å². The Morgan fingerprint density at radius 2 is 1.67 bits per heavy atom. The zero-order chi connectivity index (χ0) is 19.1. The van der Waals surface area contributed by atoms with Gasteiger partial charge in [0, 0.05) is 5.39 Å². The maximum atomic E-state index is 11.6. The molecule has 0 bridgehead atoms. The van der Waals surface area contributed by atoms with Crippen molar-refractivity contribution >= 4 is 104 Å². The van der Waals surface area contributed by atoms with Crippen molar-refractivity contribution in [2.45, 2.75) is 11.8 Å². The first kappa shape index (κ1) is 22.7. The summed E-state index contributed by atoms with van der Waals surface area (Å²) in [5, 5.41) is 18.9. The molecule has 6 nitrogen and oxygen atoms in total. The fraction of sp³-hybridized carbons (Fsp3) is 0.0588. The quantitative estimate of drug-likeness (QED) is 0.280. The number of aromatic hydroxyl groups is 1. The number of aryl methyl sites for hydroxylation is 1. The SMILES string of the molecule is Cc1cc(Cl)c(S(=O)(=O)[O-])c(N=Nc2c(O)ccc3ccccc23)c1Cl.[Ba+2]. The van der Waals surface area contributed by atoms with E-state index >= 15 is 0 Å². The summed E-state index contributed by atoms with van der Waals surface area (Å²) < 4.78 is 34.7. The molecule has 27 heavy (non-hydrogen) atoms. The van der Waals surface area contributed by atoms with E-state index in [4.69, 9.17) is 23.2 Å². The van der Waals surface area contributed by atoms with Crippen molar-refractivity contribution in [2.75, 3.05) is 0 Å². The zero-order valence-corrected chi connectivity index (χ0v) is 20.7. The van der Waals surface area contributed by atoms with E-state index in [9.17, 15) is 18.1 Å². The molecule has 0 heterocycles. The summed E-state index contributed by atoms with van der Waals surface area (Å²) in [5.74, 6) is -0.158. The standard InChI is InChI=1S/C17H12Cl2N2O4S.Ba/c1-9-8-12(18)17(26(23,24)25)16(14(9)19)21-20-15-11-5-3-2-4-10(11)6-7-13(15)22;/h2-8,22H,1H3,(H,23,24,25);/q;+2/p-1. The van der Waals surface area contributed by atoms with Crippen LogP contribution in [0.3, 0.4) is 0 Å². The van der Waals surface area contributed by atoms with Crippen LogP contribution in [0.2, 0.25) is 10.0 Å². The molecule has 10 heteroatoms. The first-order valence-corrected chi connectivity index (χ1v) is 9.43. The topological polar surface area (TPSA) is 102 Å². The van der Waals surface area contributed by atoms with E-state index in [2.05, 4.69) is 10.2 Å². The number of rotatable bonds is 3. The maximum Gasteiger partial charge on any atom is 2.00 e. The average molecular weight is 548 g/mol. The Kier molecular flexibility index (Phi) is 7.40. The van der Waals surface area contributed by atoms with E-state index in [0.29, 0.717) is 10.9 Å². The van der Waals surface area contributed by atoms with Crippen molar-refractivity contribution in [3.8, 4) is 5.75 Å². The van der Waals surface area contributed by atoms with Gasteiger partial charge in [0.1, 0.15) is 32.1 Å².